The second-order valence-electron chi connectivity index (χ2n) is 8.53. The van der Waals surface area contributed by atoms with Crippen molar-refractivity contribution >= 4 is 17.4 Å². The predicted molar refractivity (Wildman–Crippen MR) is 120 cm³/mol. The Hall–Kier alpha value is -3.26. The minimum atomic E-state index is -0.936. The summed E-state index contributed by atoms with van der Waals surface area (Å²) in [5.74, 6) is -0.595. The average molecular weight is 440 g/mol. The normalized spacial score (nSPS) is 14.4. The minimum absolute atomic E-state index is 0.0284. The first-order chi connectivity index (χ1) is 15.2. The maximum Gasteiger partial charge on any atom is 0.240 e. The monoisotopic (exact) mass is 439 g/mol. The molecule has 6 nitrogen and oxygen atoms in total. The van der Waals surface area contributed by atoms with Crippen LogP contribution in [0.1, 0.15) is 25.2 Å². The maximum atomic E-state index is 14.0. The van der Waals surface area contributed by atoms with Crippen LogP contribution < -0.4 is 11.1 Å². The van der Waals surface area contributed by atoms with Crippen LogP contribution in [0.3, 0.4) is 0 Å². The number of benzene rings is 2. The van der Waals surface area contributed by atoms with E-state index in [4.69, 9.17) is 10.7 Å². The van der Waals surface area contributed by atoms with Gasteiger partial charge in [-0.05, 0) is 43.2 Å². The average Bonchev–Trinajstić information content (AvgIpc) is 3.13. The molecule has 3 aromatic rings. The molecule has 0 spiro atoms. The number of hydrogen-bond donors (Lipinski definition) is 2. The molecule has 1 aliphatic heterocycles. The van der Waals surface area contributed by atoms with Crippen LogP contribution in [0.2, 0.25) is 0 Å². The molecule has 8 heteroatoms. The maximum absolute atomic E-state index is 14.0. The van der Waals surface area contributed by atoms with Gasteiger partial charge in [0.1, 0.15) is 17.3 Å². The fourth-order valence-electron chi connectivity index (χ4n) is 3.76. The summed E-state index contributed by atoms with van der Waals surface area (Å²) >= 11 is 0. The van der Waals surface area contributed by atoms with Crippen LogP contribution >= 0.6 is 0 Å². The Labute approximate surface area is 186 Å². The van der Waals surface area contributed by atoms with Gasteiger partial charge in [-0.3, -0.25) is 4.79 Å². The Morgan fingerprint density at radius 2 is 1.81 bits per heavy atom. The third-order valence-electron chi connectivity index (χ3n) is 5.79. The number of carbonyl (C=O) groups is 1. The number of aryl methyl sites for hydroxylation is 1. The molecule has 1 atom stereocenters. The standard InChI is InChI=1S/C24H27F2N5O/c1-14(2)21(27)24(32)30-10-11-31-20(13-30)29-22(16-6-9-18(25)19(26)12-16)23(31)28-17-7-4-15(3)5-8-17/h4-9,12,14,21,28H,10-11,13,27H2,1-3H3/t21-/m0/s1. The zero-order valence-electron chi connectivity index (χ0n) is 18.4. The summed E-state index contributed by atoms with van der Waals surface area (Å²) in [6.45, 7) is 7.13. The molecule has 2 heterocycles. The number of fused-ring (bicyclic) bond motifs is 1. The largest absolute Gasteiger partial charge is 0.340 e. The van der Waals surface area contributed by atoms with E-state index in [-0.39, 0.29) is 11.8 Å². The highest BCUT2D eigenvalue weighted by atomic mass is 19.2. The van der Waals surface area contributed by atoms with Crippen LogP contribution in [-0.4, -0.2) is 32.9 Å². The van der Waals surface area contributed by atoms with Crippen molar-refractivity contribution in [3.8, 4) is 11.3 Å². The summed E-state index contributed by atoms with van der Waals surface area (Å²) in [5.41, 5.74) is 9.01. The molecule has 0 saturated carbocycles. The molecule has 2 aromatic carbocycles. The zero-order chi connectivity index (χ0) is 23.0. The lowest BCUT2D eigenvalue weighted by Gasteiger charge is -2.31. The molecule has 3 N–H and O–H groups in total. The summed E-state index contributed by atoms with van der Waals surface area (Å²) in [6.07, 6.45) is 0. The number of amides is 1. The molecule has 168 valence electrons. The van der Waals surface area contributed by atoms with Gasteiger partial charge in [-0.15, -0.1) is 0 Å². The van der Waals surface area contributed by atoms with Gasteiger partial charge in [0.05, 0.1) is 12.6 Å². The van der Waals surface area contributed by atoms with Crippen molar-refractivity contribution in [3.63, 3.8) is 0 Å². The lowest BCUT2D eigenvalue weighted by molar-refractivity contribution is -0.135. The smallest absolute Gasteiger partial charge is 0.240 e. The number of halogens is 2. The van der Waals surface area contributed by atoms with E-state index >= 15 is 0 Å². The zero-order valence-corrected chi connectivity index (χ0v) is 18.4. The second kappa shape index (κ2) is 8.70. The first-order valence-electron chi connectivity index (χ1n) is 10.7. The van der Waals surface area contributed by atoms with Gasteiger partial charge in [-0.25, -0.2) is 13.8 Å². The fourth-order valence-corrected chi connectivity index (χ4v) is 3.76. The van der Waals surface area contributed by atoms with Crippen molar-refractivity contribution in [1.82, 2.24) is 14.5 Å². The molecule has 0 unspecified atom stereocenters. The molecule has 0 saturated heterocycles. The number of rotatable bonds is 5. The van der Waals surface area contributed by atoms with Crippen molar-refractivity contribution in [2.75, 3.05) is 11.9 Å². The van der Waals surface area contributed by atoms with Gasteiger partial charge >= 0.3 is 0 Å². The third-order valence-corrected chi connectivity index (χ3v) is 5.79. The Morgan fingerprint density at radius 1 is 1.09 bits per heavy atom. The number of aromatic nitrogens is 2. The molecule has 32 heavy (non-hydrogen) atoms. The van der Waals surface area contributed by atoms with E-state index in [1.807, 2.05) is 49.6 Å². The predicted octanol–water partition coefficient (Wildman–Crippen LogP) is 4.21. The van der Waals surface area contributed by atoms with Gasteiger partial charge in [0, 0.05) is 24.3 Å². The highest BCUT2D eigenvalue weighted by Crippen LogP contribution is 2.34. The Bertz CT molecular complexity index is 1140. The van der Waals surface area contributed by atoms with E-state index in [0.29, 0.717) is 42.5 Å². The number of hydrogen-bond acceptors (Lipinski definition) is 4. The number of nitrogens with two attached hydrogens (primary N) is 1. The van der Waals surface area contributed by atoms with Crippen molar-refractivity contribution in [2.24, 2.45) is 11.7 Å². The first-order valence-corrected chi connectivity index (χ1v) is 10.7. The molecule has 4 rings (SSSR count). The first kappa shape index (κ1) is 22.0. The SMILES string of the molecule is Cc1ccc(Nc2c(-c3ccc(F)c(F)c3)nc3n2CCN(C(=O)[C@@H](N)C(C)C)C3)cc1. The molecule has 0 radical (unpaired) electrons. The van der Waals surface area contributed by atoms with Crippen molar-refractivity contribution < 1.29 is 13.6 Å². The Balaban J connectivity index is 1.73. The highest BCUT2D eigenvalue weighted by molar-refractivity contribution is 5.82. The molecule has 1 aliphatic rings. The number of imidazole rings is 1. The summed E-state index contributed by atoms with van der Waals surface area (Å²) in [5, 5.41) is 3.38. The van der Waals surface area contributed by atoms with Gasteiger partial charge in [0.25, 0.3) is 0 Å². The number of nitrogens with one attached hydrogen (secondary N) is 1. The van der Waals surface area contributed by atoms with Crippen LogP contribution in [-0.2, 0) is 17.9 Å². The van der Waals surface area contributed by atoms with E-state index in [2.05, 4.69) is 5.32 Å². The topological polar surface area (TPSA) is 76.2 Å². The Morgan fingerprint density at radius 3 is 2.47 bits per heavy atom. The summed E-state index contributed by atoms with van der Waals surface area (Å²) in [6, 6.07) is 11.0. The lowest BCUT2D eigenvalue weighted by Crippen LogP contribution is -2.49. The molecule has 1 aromatic heterocycles. The lowest BCUT2D eigenvalue weighted by atomic mass is 10.0. The van der Waals surface area contributed by atoms with Crippen LogP contribution in [0.4, 0.5) is 20.3 Å². The van der Waals surface area contributed by atoms with E-state index in [1.54, 1.807) is 4.90 Å². The molecule has 0 bridgehead atoms. The molecular weight excluding hydrogens is 412 g/mol. The molecule has 1 amide bonds. The van der Waals surface area contributed by atoms with Crippen LogP contribution in [0.15, 0.2) is 42.5 Å². The summed E-state index contributed by atoms with van der Waals surface area (Å²) in [4.78, 5) is 19.2. The summed E-state index contributed by atoms with van der Waals surface area (Å²) < 4.78 is 29.5. The molecule has 0 fully saturated rings. The van der Waals surface area contributed by atoms with Crippen molar-refractivity contribution in [2.45, 2.75) is 39.9 Å². The number of anilines is 2. The van der Waals surface area contributed by atoms with E-state index in [0.717, 1.165) is 23.4 Å². The van der Waals surface area contributed by atoms with E-state index in [9.17, 15) is 13.6 Å². The van der Waals surface area contributed by atoms with Gasteiger partial charge in [-0.1, -0.05) is 31.5 Å². The fraction of sp³-hybridized carbons (Fsp3) is 0.333. The van der Waals surface area contributed by atoms with Crippen LogP contribution in [0.25, 0.3) is 11.3 Å². The number of nitrogens with zero attached hydrogens (tertiary/aromatic N) is 3. The van der Waals surface area contributed by atoms with Crippen LogP contribution in [0, 0.1) is 24.5 Å². The van der Waals surface area contributed by atoms with Crippen LogP contribution in [0.5, 0.6) is 0 Å². The third kappa shape index (κ3) is 4.23. The quantitative estimate of drug-likeness (QED) is 0.625. The second-order valence-corrected chi connectivity index (χ2v) is 8.53. The van der Waals surface area contributed by atoms with Gasteiger partial charge < -0.3 is 20.5 Å². The highest BCUT2D eigenvalue weighted by Gasteiger charge is 2.30. The molecular formula is C24H27F2N5O. The van der Waals surface area contributed by atoms with Crippen molar-refractivity contribution in [3.05, 3.63) is 65.5 Å². The minimum Gasteiger partial charge on any atom is -0.340 e. The molecule has 0 aliphatic carbocycles. The van der Waals surface area contributed by atoms with Gasteiger partial charge in [0.2, 0.25) is 5.91 Å². The van der Waals surface area contributed by atoms with Crippen molar-refractivity contribution in [1.29, 1.82) is 0 Å². The van der Waals surface area contributed by atoms with E-state index in [1.165, 1.54) is 6.07 Å². The van der Waals surface area contributed by atoms with Gasteiger partial charge in [0.15, 0.2) is 11.6 Å². The Kier molecular flexibility index (Phi) is 5.97. The summed E-state index contributed by atoms with van der Waals surface area (Å²) in [7, 11) is 0. The van der Waals surface area contributed by atoms with Gasteiger partial charge in [-0.2, -0.15) is 0 Å². The number of carbonyl (C=O) groups excluding carboxylic acids is 1. The van der Waals surface area contributed by atoms with E-state index < -0.39 is 17.7 Å².